The van der Waals surface area contributed by atoms with Crippen LogP contribution in [0.15, 0.2) is 18.2 Å². The topological polar surface area (TPSA) is 58.6 Å². The highest BCUT2D eigenvalue weighted by Gasteiger charge is 2.31. The van der Waals surface area contributed by atoms with E-state index in [1.165, 1.54) is 16.0 Å². The number of halogens is 1. The number of fused-ring (bicyclic) bond motifs is 1. The van der Waals surface area contributed by atoms with Crippen molar-refractivity contribution < 1.29 is 14.6 Å². The molecule has 0 aliphatic heterocycles. The molecule has 1 aliphatic rings. The Hall–Kier alpha value is -1.56. The molecule has 1 aromatic carbocycles. The van der Waals surface area contributed by atoms with E-state index in [0.717, 1.165) is 23.3 Å². The zero-order chi connectivity index (χ0) is 20.3. The molecule has 0 bridgehead atoms. The fraction of sp³-hybridized carbons (Fsp3) is 0.500. The number of carbonyl (C=O) groups is 1. The Bertz CT molecular complexity index is 847. The number of hydrogen-bond acceptors (Lipinski definition) is 4. The number of aliphatic hydroxyl groups excluding tert-OH is 1. The van der Waals surface area contributed by atoms with Crippen molar-refractivity contribution in [2.75, 3.05) is 13.2 Å². The largest absolute Gasteiger partial charge is 0.493 e. The molecule has 152 valence electrons. The lowest BCUT2D eigenvalue weighted by Crippen LogP contribution is -2.23. The third-order valence-corrected chi connectivity index (χ3v) is 6.98. The van der Waals surface area contributed by atoms with Crippen LogP contribution in [-0.4, -0.2) is 24.2 Å². The third-order valence-electron chi connectivity index (χ3n) is 5.44. The van der Waals surface area contributed by atoms with Gasteiger partial charge in [-0.15, -0.1) is 11.3 Å². The number of hydrogen-bond donors (Lipinski definition) is 2. The van der Waals surface area contributed by atoms with Crippen molar-refractivity contribution >= 4 is 28.8 Å². The van der Waals surface area contributed by atoms with Gasteiger partial charge in [0, 0.05) is 29.5 Å². The van der Waals surface area contributed by atoms with E-state index in [4.69, 9.17) is 21.4 Å². The maximum atomic E-state index is 12.8. The third kappa shape index (κ3) is 4.70. The molecule has 1 atom stereocenters. The van der Waals surface area contributed by atoms with Crippen LogP contribution in [0.2, 0.25) is 5.02 Å². The highest BCUT2D eigenvalue weighted by molar-refractivity contribution is 7.14. The summed E-state index contributed by atoms with van der Waals surface area (Å²) in [7, 11) is 0. The smallest absolute Gasteiger partial charge is 0.261 e. The number of aryl methyl sites for hydroxylation is 1. The number of ether oxygens (including phenoxy) is 1. The highest BCUT2D eigenvalue weighted by Crippen LogP contribution is 2.40. The maximum absolute atomic E-state index is 12.8. The quantitative estimate of drug-likeness (QED) is 0.603. The lowest BCUT2D eigenvalue weighted by Gasteiger charge is -2.14. The second-order valence-corrected chi connectivity index (χ2v) is 9.35. The van der Waals surface area contributed by atoms with Crippen molar-refractivity contribution in [1.29, 1.82) is 0 Å². The van der Waals surface area contributed by atoms with Gasteiger partial charge in [0.15, 0.2) is 0 Å². The number of amides is 1. The Morgan fingerprint density at radius 1 is 1.36 bits per heavy atom. The summed E-state index contributed by atoms with van der Waals surface area (Å²) < 4.78 is 5.53. The molecule has 1 unspecified atom stereocenters. The summed E-state index contributed by atoms with van der Waals surface area (Å²) in [5, 5.41) is 12.4. The van der Waals surface area contributed by atoms with Gasteiger partial charge in [-0.2, -0.15) is 0 Å². The number of carbonyl (C=O) groups excluding carboxylic acids is 1. The molecule has 0 saturated heterocycles. The van der Waals surface area contributed by atoms with E-state index in [2.05, 4.69) is 26.1 Å². The zero-order valence-corrected chi connectivity index (χ0v) is 18.3. The van der Waals surface area contributed by atoms with Crippen molar-refractivity contribution in [3.05, 3.63) is 49.7 Å². The lowest BCUT2D eigenvalue weighted by molar-refractivity contribution is 0.0954. The van der Waals surface area contributed by atoms with Crippen LogP contribution in [0.4, 0.5) is 0 Å². The molecule has 1 amide bonds. The summed E-state index contributed by atoms with van der Waals surface area (Å²) in [5.74, 6) is 1.92. The van der Waals surface area contributed by atoms with Gasteiger partial charge in [-0.05, 0) is 60.4 Å². The second-order valence-electron chi connectivity index (χ2n) is 7.72. The molecule has 2 aromatic rings. The van der Waals surface area contributed by atoms with Gasteiger partial charge in [0.2, 0.25) is 0 Å². The predicted octanol–water partition coefficient (Wildman–Crippen LogP) is 4.77. The molecular formula is C22H28ClNO3S. The van der Waals surface area contributed by atoms with E-state index in [1.54, 1.807) is 17.4 Å². The van der Waals surface area contributed by atoms with Crippen molar-refractivity contribution in [1.82, 2.24) is 5.32 Å². The van der Waals surface area contributed by atoms with E-state index < -0.39 is 0 Å². The predicted molar refractivity (Wildman–Crippen MR) is 115 cm³/mol. The highest BCUT2D eigenvalue weighted by atomic mass is 35.5. The van der Waals surface area contributed by atoms with E-state index in [-0.39, 0.29) is 12.5 Å². The number of nitrogens with one attached hydrogen (secondary N) is 1. The Labute approximate surface area is 175 Å². The zero-order valence-electron chi connectivity index (χ0n) is 16.7. The van der Waals surface area contributed by atoms with Crippen LogP contribution in [0.3, 0.4) is 0 Å². The van der Waals surface area contributed by atoms with Gasteiger partial charge >= 0.3 is 0 Å². The Morgan fingerprint density at radius 3 is 2.79 bits per heavy atom. The van der Waals surface area contributed by atoms with Gasteiger partial charge in [0.25, 0.3) is 5.91 Å². The molecule has 2 N–H and O–H groups in total. The van der Waals surface area contributed by atoms with E-state index in [9.17, 15) is 4.79 Å². The molecule has 28 heavy (non-hydrogen) atoms. The van der Waals surface area contributed by atoms with Crippen LogP contribution < -0.4 is 10.1 Å². The minimum atomic E-state index is -0.0157. The van der Waals surface area contributed by atoms with Crippen LogP contribution in [0.1, 0.15) is 51.5 Å². The van der Waals surface area contributed by atoms with E-state index in [0.29, 0.717) is 42.2 Å². The molecule has 3 rings (SSSR count). The first-order valence-corrected chi connectivity index (χ1v) is 11.0. The van der Waals surface area contributed by atoms with Crippen LogP contribution in [0.25, 0.3) is 0 Å². The summed E-state index contributed by atoms with van der Waals surface area (Å²) in [6, 6.07) is 5.46. The number of benzene rings is 1. The average molecular weight is 422 g/mol. The number of aliphatic hydroxyl groups is 1. The molecule has 1 aromatic heterocycles. The SMILES string of the molecule is Cc1sc(C(=O)NCc2ccc(OCCCO)cc2Cl)c2c1CC(C(C)C)C2. The van der Waals surface area contributed by atoms with Crippen molar-refractivity contribution in [2.45, 2.75) is 46.6 Å². The average Bonchev–Trinajstić information content (AvgIpc) is 3.22. The minimum absolute atomic E-state index is 0.0157. The van der Waals surface area contributed by atoms with Crippen LogP contribution in [-0.2, 0) is 19.4 Å². The first-order valence-electron chi connectivity index (χ1n) is 9.82. The van der Waals surface area contributed by atoms with Gasteiger partial charge in [-0.25, -0.2) is 0 Å². The molecule has 1 aliphatic carbocycles. The molecule has 0 saturated carbocycles. The first kappa shape index (κ1) is 21.2. The van der Waals surface area contributed by atoms with Gasteiger partial charge in [0.05, 0.1) is 11.5 Å². The molecular weight excluding hydrogens is 394 g/mol. The van der Waals surface area contributed by atoms with E-state index >= 15 is 0 Å². The van der Waals surface area contributed by atoms with Crippen molar-refractivity contribution in [3.8, 4) is 5.75 Å². The fourth-order valence-corrected chi connectivity index (χ4v) is 5.00. The normalized spacial score (nSPS) is 15.7. The van der Waals surface area contributed by atoms with Crippen molar-refractivity contribution in [2.24, 2.45) is 11.8 Å². The Morgan fingerprint density at radius 2 is 2.11 bits per heavy atom. The molecule has 0 radical (unpaired) electrons. The molecule has 0 spiro atoms. The lowest BCUT2D eigenvalue weighted by atomic mass is 9.93. The summed E-state index contributed by atoms with van der Waals surface area (Å²) in [6.45, 7) is 7.57. The Balaban J connectivity index is 1.63. The summed E-state index contributed by atoms with van der Waals surface area (Å²) >= 11 is 7.95. The summed E-state index contributed by atoms with van der Waals surface area (Å²) in [6.07, 6.45) is 2.67. The first-order chi connectivity index (χ1) is 13.4. The number of rotatable bonds is 8. The summed E-state index contributed by atoms with van der Waals surface area (Å²) in [4.78, 5) is 15.0. The van der Waals surface area contributed by atoms with Gasteiger partial charge in [0.1, 0.15) is 5.75 Å². The minimum Gasteiger partial charge on any atom is -0.493 e. The standard InChI is InChI=1S/C22H28ClNO3S/c1-13(2)16-9-18-14(3)28-21(19(18)10-16)22(26)24-12-15-5-6-17(11-20(15)23)27-8-4-7-25/h5-6,11,13,16,25H,4,7-10,12H2,1-3H3,(H,24,26). The monoisotopic (exact) mass is 421 g/mol. The van der Waals surface area contributed by atoms with Gasteiger partial charge < -0.3 is 15.2 Å². The molecule has 6 heteroatoms. The molecule has 1 heterocycles. The van der Waals surface area contributed by atoms with Crippen molar-refractivity contribution in [3.63, 3.8) is 0 Å². The fourth-order valence-electron chi connectivity index (χ4n) is 3.63. The van der Waals surface area contributed by atoms with Crippen LogP contribution in [0.5, 0.6) is 5.75 Å². The number of thiophene rings is 1. The van der Waals surface area contributed by atoms with Gasteiger partial charge in [-0.1, -0.05) is 31.5 Å². The van der Waals surface area contributed by atoms with Crippen LogP contribution >= 0.6 is 22.9 Å². The van der Waals surface area contributed by atoms with E-state index in [1.807, 2.05) is 12.1 Å². The Kier molecular flexibility index (Phi) is 7.02. The summed E-state index contributed by atoms with van der Waals surface area (Å²) in [5.41, 5.74) is 3.49. The maximum Gasteiger partial charge on any atom is 0.261 e. The second kappa shape index (κ2) is 9.29. The molecule has 4 nitrogen and oxygen atoms in total. The van der Waals surface area contributed by atoms with Gasteiger partial charge in [-0.3, -0.25) is 4.79 Å². The molecule has 0 fully saturated rings. The van der Waals surface area contributed by atoms with Crippen LogP contribution in [0, 0.1) is 18.8 Å².